The summed E-state index contributed by atoms with van der Waals surface area (Å²) in [6, 6.07) is 13.9. The first-order valence-electron chi connectivity index (χ1n) is 6.96. The summed E-state index contributed by atoms with van der Waals surface area (Å²) >= 11 is 0. The normalized spacial score (nSPS) is 11.9. The average molecular weight is 286 g/mol. The van der Waals surface area contributed by atoms with Crippen molar-refractivity contribution in [1.82, 2.24) is 5.32 Å². The third-order valence-electron chi connectivity index (χ3n) is 3.49. The average Bonchev–Trinajstić information content (AvgIpc) is 2.47. The fourth-order valence-electron chi connectivity index (χ4n) is 2.19. The quantitative estimate of drug-likeness (QED) is 0.828. The van der Waals surface area contributed by atoms with Crippen LogP contribution in [0, 0.1) is 5.82 Å². The zero-order valence-corrected chi connectivity index (χ0v) is 12.0. The zero-order valence-electron chi connectivity index (χ0n) is 12.0. The summed E-state index contributed by atoms with van der Waals surface area (Å²) in [6.07, 6.45) is 0.830. The number of hydrogen-bond acceptors (Lipinski definition) is 2. The van der Waals surface area contributed by atoms with Crippen LogP contribution in [0.15, 0.2) is 48.5 Å². The van der Waals surface area contributed by atoms with Crippen molar-refractivity contribution in [1.29, 1.82) is 0 Å². The smallest absolute Gasteiger partial charge is 0.253 e. The molecule has 0 saturated heterocycles. The number of halogens is 1. The number of hydrogen-bond donors (Lipinski definition) is 2. The minimum Gasteiger partial charge on any atom is -0.398 e. The van der Waals surface area contributed by atoms with Crippen molar-refractivity contribution in [2.45, 2.75) is 19.3 Å². The Morgan fingerprint density at radius 1 is 1.24 bits per heavy atom. The Hall–Kier alpha value is -2.36. The molecular formula is C17H19FN2O. The van der Waals surface area contributed by atoms with Crippen molar-refractivity contribution in [3.8, 4) is 0 Å². The molecule has 0 fully saturated rings. The molecular weight excluding hydrogens is 267 g/mol. The maximum atomic E-state index is 12.9. The molecule has 1 unspecified atom stereocenters. The lowest BCUT2D eigenvalue weighted by Gasteiger charge is -2.13. The van der Waals surface area contributed by atoms with Crippen LogP contribution in [0.5, 0.6) is 0 Å². The van der Waals surface area contributed by atoms with Crippen LogP contribution in [0.4, 0.5) is 10.1 Å². The highest BCUT2D eigenvalue weighted by atomic mass is 19.1. The zero-order chi connectivity index (χ0) is 15.2. The second-order valence-corrected chi connectivity index (χ2v) is 5.09. The van der Waals surface area contributed by atoms with Gasteiger partial charge in [0.05, 0.1) is 5.56 Å². The fourth-order valence-corrected chi connectivity index (χ4v) is 2.19. The van der Waals surface area contributed by atoms with Gasteiger partial charge in [0.15, 0.2) is 0 Å². The molecule has 21 heavy (non-hydrogen) atoms. The maximum absolute atomic E-state index is 12.9. The van der Waals surface area contributed by atoms with E-state index in [1.54, 1.807) is 0 Å². The van der Waals surface area contributed by atoms with E-state index in [1.807, 2.05) is 18.2 Å². The highest BCUT2D eigenvalue weighted by Gasteiger charge is 2.11. The molecule has 0 heterocycles. The summed E-state index contributed by atoms with van der Waals surface area (Å²) in [6.45, 7) is 2.67. The van der Waals surface area contributed by atoms with Crippen LogP contribution in [-0.4, -0.2) is 12.5 Å². The van der Waals surface area contributed by atoms with E-state index in [-0.39, 0.29) is 11.6 Å². The number of rotatable bonds is 5. The lowest BCUT2D eigenvalue weighted by Crippen LogP contribution is -2.26. The van der Waals surface area contributed by atoms with Crippen LogP contribution in [0.25, 0.3) is 0 Å². The highest BCUT2D eigenvalue weighted by Crippen LogP contribution is 2.18. The molecule has 110 valence electrons. The van der Waals surface area contributed by atoms with E-state index in [2.05, 4.69) is 24.4 Å². The molecule has 0 aromatic heterocycles. The fraction of sp³-hybridized carbons (Fsp3) is 0.235. The molecule has 0 spiro atoms. The summed E-state index contributed by atoms with van der Waals surface area (Å²) in [5.74, 6) is -0.355. The van der Waals surface area contributed by atoms with Gasteiger partial charge in [-0.3, -0.25) is 4.79 Å². The van der Waals surface area contributed by atoms with E-state index < -0.39 is 5.82 Å². The molecule has 0 radical (unpaired) electrons. The first-order chi connectivity index (χ1) is 10.1. The lowest BCUT2D eigenvalue weighted by molar-refractivity contribution is 0.0953. The SMILES string of the molecule is CC(CCNC(=O)c1ccc(F)cc1N)c1ccccc1. The van der Waals surface area contributed by atoms with E-state index >= 15 is 0 Å². The van der Waals surface area contributed by atoms with Gasteiger partial charge in [0.25, 0.3) is 5.91 Å². The van der Waals surface area contributed by atoms with Crippen LogP contribution >= 0.6 is 0 Å². The number of nitrogens with one attached hydrogen (secondary N) is 1. The van der Waals surface area contributed by atoms with Gasteiger partial charge in [0.1, 0.15) is 5.82 Å². The lowest BCUT2D eigenvalue weighted by atomic mass is 9.98. The number of carbonyl (C=O) groups excluding carboxylic acids is 1. The molecule has 0 aliphatic rings. The molecule has 0 aliphatic heterocycles. The standard InChI is InChI=1S/C17H19FN2O/c1-12(13-5-3-2-4-6-13)9-10-20-17(21)15-8-7-14(18)11-16(15)19/h2-8,11-12H,9-10,19H2,1H3,(H,20,21). The Morgan fingerprint density at radius 3 is 2.62 bits per heavy atom. The van der Waals surface area contributed by atoms with Crippen LogP contribution < -0.4 is 11.1 Å². The Kier molecular flexibility index (Phi) is 4.93. The summed E-state index contributed by atoms with van der Waals surface area (Å²) in [5, 5.41) is 2.82. The van der Waals surface area contributed by atoms with Crippen LogP contribution in [-0.2, 0) is 0 Å². The number of carbonyl (C=O) groups is 1. The summed E-state index contributed by atoms with van der Waals surface area (Å²) in [7, 11) is 0. The number of nitrogen functional groups attached to an aromatic ring is 1. The van der Waals surface area contributed by atoms with Crippen molar-refractivity contribution in [2.75, 3.05) is 12.3 Å². The van der Waals surface area contributed by atoms with Gasteiger partial charge in [0, 0.05) is 12.2 Å². The first-order valence-corrected chi connectivity index (χ1v) is 6.96. The second kappa shape index (κ2) is 6.88. The van der Waals surface area contributed by atoms with Crippen molar-refractivity contribution < 1.29 is 9.18 Å². The van der Waals surface area contributed by atoms with E-state index in [4.69, 9.17) is 5.73 Å². The van der Waals surface area contributed by atoms with E-state index in [0.29, 0.717) is 18.0 Å². The number of anilines is 1. The Bertz CT molecular complexity index is 613. The molecule has 3 nitrogen and oxygen atoms in total. The van der Waals surface area contributed by atoms with Crippen LogP contribution in [0.3, 0.4) is 0 Å². The predicted molar refractivity (Wildman–Crippen MR) is 82.6 cm³/mol. The summed E-state index contributed by atoms with van der Waals surface area (Å²) < 4.78 is 12.9. The Labute approximate surface area is 124 Å². The molecule has 3 N–H and O–H groups in total. The highest BCUT2D eigenvalue weighted by molar-refractivity contribution is 5.99. The largest absolute Gasteiger partial charge is 0.398 e. The minimum atomic E-state index is -0.443. The Morgan fingerprint density at radius 2 is 1.95 bits per heavy atom. The van der Waals surface area contributed by atoms with Gasteiger partial charge in [-0.1, -0.05) is 37.3 Å². The van der Waals surface area contributed by atoms with Gasteiger partial charge in [-0.2, -0.15) is 0 Å². The van der Waals surface area contributed by atoms with E-state index in [0.717, 1.165) is 12.5 Å². The second-order valence-electron chi connectivity index (χ2n) is 5.09. The van der Waals surface area contributed by atoms with Gasteiger partial charge in [-0.05, 0) is 36.1 Å². The van der Waals surface area contributed by atoms with E-state index in [1.165, 1.54) is 17.7 Å². The van der Waals surface area contributed by atoms with Crippen LogP contribution in [0.2, 0.25) is 0 Å². The first kappa shape index (κ1) is 15.0. The molecule has 1 amide bonds. The third-order valence-corrected chi connectivity index (χ3v) is 3.49. The monoisotopic (exact) mass is 286 g/mol. The number of benzene rings is 2. The van der Waals surface area contributed by atoms with Gasteiger partial charge >= 0.3 is 0 Å². The predicted octanol–water partition coefficient (Wildman–Crippen LogP) is 3.33. The topological polar surface area (TPSA) is 55.1 Å². The molecule has 0 aliphatic carbocycles. The number of amides is 1. The van der Waals surface area contributed by atoms with Crippen molar-refractivity contribution >= 4 is 11.6 Å². The molecule has 0 bridgehead atoms. The summed E-state index contributed by atoms with van der Waals surface area (Å²) in [4.78, 5) is 12.0. The van der Waals surface area contributed by atoms with Crippen molar-refractivity contribution in [2.24, 2.45) is 0 Å². The molecule has 2 aromatic carbocycles. The number of nitrogens with two attached hydrogens (primary N) is 1. The van der Waals surface area contributed by atoms with Crippen LogP contribution in [0.1, 0.15) is 35.2 Å². The summed E-state index contributed by atoms with van der Waals surface area (Å²) in [5.41, 5.74) is 7.35. The van der Waals surface area contributed by atoms with E-state index in [9.17, 15) is 9.18 Å². The van der Waals surface area contributed by atoms with Crippen molar-refractivity contribution in [3.63, 3.8) is 0 Å². The molecule has 4 heteroatoms. The molecule has 2 rings (SSSR count). The van der Waals surface area contributed by atoms with Gasteiger partial charge in [-0.15, -0.1) is 0 Å². The molecule has 0 saturated carbocycles. The van der Waals surface area contributed by atoms with Gasteiger partial charge in [0.2, 0.25) is 0 Å². The van der Waals surface area contributed by atoms with Gasteiger partial charge < -0.3 is 11.1 Å². The van der Waals surface area contributed by atoms with Crippen molar-refractivity contribution in [3.05, 3.63) is 65.5 Å². The molecule has 2 aromatic rings. The minimum absolute atomic E-state index is 0.156. The molecule has 1 atom stereocenters. The maximum Gasteiger partial charge on any atom is 0.253 e. The third kappa shape index (κ3) is 4.05. The van der Waals surface area contributed by atoms with Gasteiger partial charge in [-0.25, -0.2) is 4.39 Å². The Balaban J connectivity index is 1.87.